The molecular weight excluding hydrogens is 396 g/mol. The van der Waals surface area contributed by atoms with Gasteiger partial charge in [0.15, 0.2) is 0 Å². The maximum atomic E-state index is 6.37. The van der Waals surface area contributed by atoms with Gasteiger partial charge in [-0.15, -0.1) is 0 Å². The molecule has 4 aromatic rings. The molecule has 0 N–H and O–H groups in total. The van der Waals surface area contributed by atoms with Crippen molar-refractivity contribution in [1.82, 2.24) is 9.78 Å². The minimum absolute atomic E-state index is 0.520. The van der Waals surface area contributed by atoms with Gasteiger partial charge >= 0.3 is 0 Å². The highest BCUT2D eigenvalue weighted by Crippen LogP contribution is 2.35. The van der Waals surface area contributed by atoms with Crippen LogP contribution in [-0.2, 0) is 13.5 Å². The summed E-state index contributed by atoms with van der Waals surface area (Å²) in [5.41, 5.74) is 5.65. The molecule has 0 fully saturated rings. The molecule has 0 aliphatic rings. The molecule has 1 atom stereocenters. The molecular formula is C28H32N2O2. The lowest BCUT2D eigenvalue weighted by atomic mass is 9.98. The van der Waals surface area contributed by atoms with E-state index in [0.29, 0.717) is 5.92 Å². The van der Waals surface area contributed by atoms with Gasteiger partial charge in [0.1, 0.15) is 22.9 Å². The Morgan fingerprint density at radius 2 is 1.81 bits per heavy atom. The molecule has 3 aromatic carbocycles. The molecule has 1 heterocycles. The van der Waals surface area contributed by atoms with Gasteiger partial charge in [0.25, 0.3) is 0 Å². The van der Waals surface area contributed by atoms with E-state index in [1.807, 2.05) is 29.9 Å². The highest BCUT2D eigenvalue weighted by molar-refractivity contribution is 5.94. The normalized spacial score (nSPS) is 12.2. The first-order valence-corrected chi connectivity index (χ1v) is 11.5. The van der Waals surface area contributed by atoms with E-state index in [1.54, 1.807) is 7.11 Å². The van der Waals surface area contributed by atoms with Crippen LogP contribution >= 0.6 is 0 Å². The molecule has 0 aliphatic heterocycles. The second-order valence-corrected chi connectivity index (χ2v) is 8.41. The number of hydrogen-bond acceptors (Lipinski definition) is 3. The third-order valence-electron chi connectivity index (χ3n) is 6.18. The molecule has 0 aliphatic carbocycles. The standard InChI is InChI=1S/C28H32N2O2/c1-6-9-21-16-22(28-25-14-13-23(31-5)18-26(25)30(4)29-28)12-15-27(21)32-24-11-8-10-20(17-24)19(3)7-2/h8,10-19H,6-7,9H2,1-5H3. The van der Waals surface area contributed by atoms with E-state index in [0.717, 1.165) is 58.7 Å². The number of hydrogen-bond donors (Lipinski definition) is 0. The Hall–Kier alpha value is -3.27. The van der Waals surface area contributed by atoms with Crippen LogP contribution < -0.4 is 9.47 Å². The Labute approximate surface area is 190 Å². The molecule has 4 rings (SSSR count). The van der Waals surface area contributed by atoms with E-state index >= 15 is 0 Å². The van der Waals surface area contributed by atoms with E-state index < -0.39 is 0 Å². The van der Waals surface area contributed by atoms with Crippen molar-refractivity contribution >= 4 is 10.9 Å². The quantitative estimate of drug-likeness (QED) is 0.291. The predicted octanol–water partition coefficient (Wildman–Crippen LogP) is 7.51. The van der Waals surface area contributed by atoms with E-state index in [1.165, 1.54) is 11.1 Å². The van der Waals surface area contributed by atoms with Gasteiger partial charge in [0, 0.05) is 24.1 Å². The van der Waals surface area contributed by atoms with Crippen molar-refractivity contribution in [2.24, 2.45) is 7.05 Å². The van der Waals surface area contributed by atoms with Gasteiger partial charge in [-0.3, -0.25) is 4.68 Å². The van der Waals surface area contributed by atoms with Gasteiger partial charge in [-0.1, -0.05) is 39.3 Å². The van der Waals surface area contributed by atoms with Gasteiger partial charge < -0.3 is 9.47 Å². The van der Waals surface area contributed by atoms with Gasteiger partial charge in [-0.05, 0) is 72.4 Å². The van der Waals surface area contributed by atoms with Crippen LogP contribution in [0.5, 0.6) is 17.2 Å². The molecule has 0 amide bonds. The highest BCUT2D eigenvalue weighted by Gasteiger charge is 2.15. The third-order valence-corrected chi connectivity index (χ3v) is 6.18. The average molecular weight is 429 g/mol. The van der Waals surface area contributed by atoms with E-state index in [4.69, 9.17) is 14.6 Å². The van der Waals surface area contributed by atoms with Crippen molar-refractivity contribution in [2.75, 3.05) is 7.11 Å². The maximum absolute atomic E-state index is 6.37. The summed E-state index contributed by atoms with van der Waals surface area (Å²) in [6.07, 6.45) is 3.11. The van der Waals surface area contributed by atoms with E-state index in [9.17, 15) is 0 Å². The molecule has 0 saturated carbocycles. The second kappa shape index (κ2) is 9.47. The number of aromatic nitrogens is 2. The summed E-state index contributed by atoms with van der Waals surface area (Å²) in [6.45, 7) is 6.67. The minimum Gasteiger partial charge on any atom is -0.497 e. The summed E-state index contributed by atoms with van der Waals surface area (Å²) in [5.74, 6) is 3.16. The van der Waals surface area contributed by atoms with Crippen molar-refractivity contribution in [2.45, 2.75) is 46.0 Å². The summed E-state index contributed by atoms with van der Waals surface area (Å²) in [7, 11) is 3.66. The van der Waals surface area contributed by atoms with Gasteiger partial charge in [-0.2, -0.15) is 5.10 Å². The summed E-state index contributed by atoms with van der Waals surface area (Å²) >= 11 is 0. The van der Waals surface area contributed by atoms with Crippen molar-refractivity contribution < 1.29 is 9.47 Å². The van der Waals surface area contributed by atoms with Crippen molar-refractivity contribution in [3.8, 4) is 28.5 Å². The van der Waals surface area contributed by atoms with Crippen molar-refractivity contribution in [1.29, 1.82) is 0 Å². The van der Waals surface area contributed by atoms with Crippen LogP contribution in [0.15, 0.2) is 60.7 Å². The summed E-state index contributed by atoms with van der Waals surface area (Å²) < 4.78 is 13.7. The van der Waals surface area contributed by atoms with Crippen LogP contribution in [0, 0.1) is 0 Å². The molecule has 0 saturated heterocycles. The minimum atomic E-state index is 0.520. The number of fused-ring (bicyclic) bond motifs is 1. The SMILES string of the molecule is CCCc1cc(-c2nn(C)c3cc(OC)ccc23)ccc1Oc1cccc(C(C)CC)c1. The average Bonchev–Trinajstić information content (AvgIpc) is 3.15. The summed E-state index contributed by atoms with van der Waals surface area (Å²) in [5, 5.41) is 5.93. The summed E-state index contributed by atoms with van der Waals surface area (Å²) in [4.78, 5) is 0. The van der Waals surface area contributed by atoms with Crippen LogP contribution in [0.1, 0.15) is 50.7 Å². The van der Waals surface area contributed by atoms with Gasteiger partial charge in [-0.25, -0.2) is 0 Å². The first-order chi connectivity index (χ1) is 15.5. The number of nitrogens with zero attached hydrogens (tertiary/aromatic N) is 2. The molecule has 0 radical (unpaired) electrons. The zero-order valence-corrected chi connectivity index (χ0v) is 19.7. The summed E-state index contributed by atoms with van der Waals surface area (Å²) in [6, 6.07) is 21.0. The first-order valence-electron chi connectivity index (χ1n) is 11.5. The fourth-order valence-electron chi connectivity index (χ4n) is 4.12. The Balaban J connectivity index is 1.71. The molecule has 32 heavy (non-hydrogen) atoms. The van der Waals surface area contributed by atoms with Crippen LogP contribution in [0.25, 0.3) is 22.2 Å². The molecule has 0 spiro atoms. The number of benzene rings is 3. The van der Waals surface area contributed by atoms with E-state index in [-0.39, 0.29) is 0 Å². The Kier molecular flexibility index (Phi) is 6.50. The second-order valence-electron chi connectivity index (χ2n) is 8.41. The van der Waals surface area contributed by atoms with Crippen LogP contribution in [-0.4, -0.2) is 16.9 Å². The molecule has 1 unspecified atom stereocenters. The Morgan fingerprint density at radius 1 is 0.969 bits per heavy atom. The Morgan fingerprint density at radius 3 is 2.56 bits per heavy atom. The lowest BCUT2D eigenvalue weighted by Crippen LogP contribution is -1.96. The van der Waals surface area contributed by atoms with Crippen LogP contribution in [0.2, 0.25) is 0 Å². The highest BCUT2D eigenvalue weighted by atomic mass is 16.5. The lowest BCUT2D eigenvalue weighted by Gasteiger charge is -2.15. The predicted molar refractivity (Wildman–Crippen MR) is 132 cm³/mol. The fourth-order valence-corrected chi connectivity index (χ4v) is 4.12. The third kappa shape index (κ3) is 4.36. The Bertz CT molecular complexity index is 1230. The van der Waals surface area contributed by atoms with Crippen LogP contribution in [0.3, 0.4) is 0 Å². The number of aryl methyl sites for hydroxylation is 2. The van der Waals surface area contributed by atoms with Gasteiger partial charge in [0.05, 0.1) is 12.6 Å². The molecule has 4 nitrogen and oxygen atoms in total. The maximum Gasteiger partial charge on any atom is 0.130 e. The monoisotopic (exact) mass is 428 g/mol. The van der Waals surface area contributed by atoms with E-state index in [2.05, 4.69) is 63.2 Å². The van der Waals surface area contributed by atoms with Gasteiger partial charge in [0.2, 0.25) is 0 Å². The molecule has 0 bridgehead atoms. The topological polar surface area (TPSA) is 36.3 Å². The lowest BCUT2D eigenvalue weighted by molar-refractivity contribution is 0.415. The van der Waals surface area contributed by atoms with Crippen molar-refractivity contribution in [3.63, 3.8) is 0 Å². The fraction of sp³-hybridized carbons (Fsp3) is 0.321. The first kappa shape index (κ1) is 21.9. The van der Waals surface area contributed by atoms with Crippen LogP contribution in [0.4, 0.5) is 0 Å². The smallest absolute Gasteiger partial charge is 0.130 e. The zero-order valence-electron chi connectivity index (χ0n) is 19.7. The largest absolute Gasteiger partial charge is 0.497 e. The number of methoxy groups -OCH3 is 1. The number of ether oxygens (including phenoxy) is 2. The zero-order chi connectivity index (χ0) is 22.7. The van der Waals surface area contributed by atoms with Crippen molar-refractivity contribution in [3.05, 3.63) is 71.8 Å². The molecule has 166 valence electrons. The molecule has 4 heteroatoms. The molecule has 1 aromatic heterocycles. The number of rotatable bonds is 8.